The van der Waals surface area contributed by atoms with Crippen LogP contribution in [0.4, 0.5) is 10.3 Å². The van der Waals surface area contributed by atoms with Gasteiger partial charge in [-0.05, 0) is 30.2 Å². The highest BCUT2D eigenvalue weighted by Gasteiger charge is 2.32. The summed E-state index contributed by atoms with van der Waals surface area (Å²) in [5, 5.41) is 3.55. The lowest BCUT2D eigenvalue weighted by atomic mass is 9.92. The number of anilines is 1. The minimum Gasteiger partial charge on any atom is -0.349 e. The summed E-state index contributed by atoms with van der Waals surface area (Å²) in [4.78, 5) is 4.76. The number of halogens is 1. The average molecular weight is 343 g/mol. The molecule has 0 amide bonds. The first-order valence-electron chi connectivity index (χ1n) is 8.84. The van der Waals surface area contributed by atoms with Crippen molar-refractivity contribution >= 4 is 17.0 Å². The molecule has 2 heterocycles. The van der Waals surface area contributed by atoms with Crippen molar-refractivity contribution in [3.63, 3.8) is 0 Å². The molecule has 0 spiro atoms. The fourth-order valence-corrected chi connectivity index (χ4v) is 3.92. The third kappa shape index (κ3) is 2.37. The molecule has 0 aliphatic carbocycles. The van der Waals surface area contributed by atoms with E-state index < -0.39 is 0 Å². The Labute approximate surface area is 151 Å². The normalized spacial score (nSPS) is 19.1. The first-order valence-corrected chi connectivity index (χ1v) is 8.84. The molecule has 1 N–H and O–H groups in total. The number of benzene rings is 3. The zero-order chi connectivity index (χ0) is 17.5. The SMILES string of the molecule is Fc1ccccc1[C@H]1C[C@@H](c2ccccc2)Nc2nc3ccccc3n21. The Morgan fingerprint density at radius 3 is 2.46 bits per heavy atom. The van der Waals surface area contributed by atoms with Gasteiger partial charge in [0.15, 0.2) is 0 Å². The van der Waals surface area contributed by atoms with E-state index in [1.807, 2.05) is 54.6 Å². The summed E-state index contributed by atoms with van der Waals surface area (Å²) in [6, 6.07) is 25.3. The fraction of sp³-hybridized carbons (Fsp3) is 0.136. The molecule has 3 nitrogen and oxygen atoms in total. The van der Waals surface area contributed by atoms with Crippen LogP contribution in [0, 0.1) is 5.82 Å². The molecule has 3 aromatic carbocycles. The Balaban J connectivity index is 1.71. The van der Waals surface area contributed by atoms with Gasteiger partial charge in [0, 0.05) is 5.56 Å². The van der Waals surface area contributed by atoms with E-state index in [0.29, 0.717) is 5.56 Å². The second-order valence-corrected chi connectivity index (χ2v) is 6.67. The number of nitrogens with one attached hydrogen (secondary N) is 1. The fourth-order valence-electron chi connectivity index (χ4n) is 3.92. The number of fused-ring (bicyclic) bond motifs is 3. The summed E-state index contributed by atoms with van der Waals surface area (Å²) in [5.74, 6) is 0.620. The van der Waals surface area contributed by atoms with Gasteiger partial charge in [0.25, 0.3) is 0 Å². The Morgan fingerprint density at radius 1 is 0.885 bits per heavy atom. The lowest BCUT2D eigenvalue weighted by molar-refractivity contribution is 0.457. The number of para-hydroxylation sites is 2. The van der Waals surface area contributed by atoms with Gasteiger partial charge in [-0.25, -0.2) is 9.37 Å². The molecule has 1 aliphatic heterocycles. The monoisotopic (exact) mass is 343 g/mol. The maximum Gasteiger partial charge on any atom is 0.204 e. The number of hydrogen-bond donors (Lipinski definition) is 1. The molecule has 0 unspecified atom stereocenters. The van der Waals surface area contributed by atoms with E-state index in [0.717, 1.165) is 23.4 Å². The Kier molecular flexibility index (Phi) is 3.49. The molecule has 2 atom stereocenters. The summed E-state index contributed by atoms with van der Waals surface area (Å²) in [7, 11) is 0. The topological polar surface area (TPSA) is 29.9 Å². The molecular weight excluding hydrogens is 325 g/mol. The van der Waals surface area contributed by atoms with Gasteiger partial charge in [0.05, 0.1) is 23.1 Å². The van der Waals surface area contributed by atoms with Gasteiger partial charge in [0.1, 0.15) is 5.82 Å². The second-order valence-electron chi connectivity index (χ2n) is 6.67. The van der Waals surface area contributed by atoms with Gasteiger partial charge in [-0.15, -0.1) is 0 Å². The van der Waals surface area contributed by atoms with Crippen molar-refractivity contribution in [2.75, 3.05) is 5.32 Å². The van der Waals surface area contributed by atoms with Gasteiger partial charge in [-0.3, -0.25) is 0 Å². The van der Waals surface area contributed by atoms with Crippen molar-refractivity contribution < 1.29 is 4.39 Å². The van der Waals surface area contributed by atoms with E-state index in [2.05, 4.69) is 22.0 Å². The third-order valence-corrected chi connectivity index (χ3v) is 5.14. The predicted octanol–water partition coefficient (Wildman–Crippen LogP) is 5.32. The molecule has 5 rings (SSSR count). The number of hydrogen-bond acceptors (Lipinski definition) is 2. The van der Waals surface area contributed by atoms with E-state index in [9.17, 15) is 4.39 Å². The smallest absolute Gasteiger partial charge is 0.204 e. The van der Waals surface area contributed by atoms with Crippen molar-refractivity contribution in [3.05, 3.63) is 95.8 Å². The molecule has 0 fully saturated rings. The molecule has 4 aromatic rings. The van der Waals surface area contributed by atoms with E-state index in [4.69, 9.17) is 4.98 Å². The van der Waals surface area contributed by atoms with E-state index in [1.54, 1.807) is 6.07 Å². The molecule has 0 radical (unpaired) electrons. The average Bonchev–Trinajstić information content (AvgIpc) is 3.07. The van der Waals surface area contributed by atoms with Gasteiger partial charge in [-0.2, -0.15) is 0 Å². The van der Waals surface area contributed by atoms with Gasteiger partial charge in [0.2, 0.25) is 5.95 Å². The lowest BCUT2D eigenvalue weighted by Crippen LogP contribution is -2.27. The summed E-state index contributed by atoms with van der Waals surface area (Å²) in [6.07, 6.45) is 0.762. The zero-order valence-corrected chi connectivity index (χ0v) is 14.1. The minimum atomic E-state index is -0.171. The Bertz CT molecular complexity index is 1070. The number of imidazole rings is 1. The van der Waals surface area contributed by atoms with Gasteiger partial charge >= 0.3 is 0 Å². The molecule has 0 saturated heterocycles. The highest BCUT2D eigenvalue weighted by atomic mass is 19.1. The maximum atomic E-state index is 14.6. The van der Waals surface area contributed by atoms with Crippen molar-refractivity contribution in [2.45, 2.75) is 18.5 Å². The van der Waals surface area contributed by atoms with Crippen LogP contribution < -0.4 is 5.32 Å². The first kappa shape index (κ1) is 15.1. The van der Waals surface area contributed by atoms with Crippen LogP contribution in [0.2, 0.25) is 0 Å². The van der Waals surface area contributed by atoms with Crippen LogP contribution in [0.15, 0.2) is 78.9 Å². The second kappa shape index (κ2) is 5.99. The maximum absolute atomic E-state index is 14.6. The summed E-state index contributed by atoms with van der Waals surface area (Å²) in [6.45, 7) is 0. The van der Waals surface area contributed by atoms with Gasteiger partial charge < -0.3 is 9.88 Å². The predicted molar refractivity (Wildman–Crippen MR) is 102 cm³/mol. The number of nitrogens with zero attached hydrogens (tertiary/aromatic N) is 2. The molecule has 26 heavy (non-hydrogen) atoms. The van der Waals surface area contributed by atoms with Crippen molar-refractivity contribution in [3.8, 4) is 0 Å². The van der Waals surface area contributed by atoms with Gasteiger partial charge in [-0.1, -0.05) is 60.7 Å². The molecule has 1 aromatic heterocycles. The third-order valence-electron chi connectivity index (χ3n) is 5.14. The molecule has 128 valence electrons. The molecule has 4 heteroatoms. The number of rotatable bonds is 2. The van der Waals surface area contributed by atoms with Crippen LogP contribution in [0.1, 0.15) is 29.6 Å². The molecule has 0 saturated carbocycles. The van der Waals surface area contributed by atoms with Crippen LogP contribution >= 0.6 is 0 Å². The zero-order valence-electron chi connectivity index (χ0n) is 14.1. The Hall–Kier alpha value is -3.14. The van der Waals surface area contributed by atoms with E-state index >= 15 is 0 Å². The first-order chi connectivity index (χ1) is 12.8. The summed E-state index contributed by atoms with van der Waals surface area (Å²) < 4.78 is 16.8. The highest BCUT2D eigenvalue weighted by molar-refractivity contribution is 5.79. The van der Waals surface area contributed by atoms with Crippen LogP contribution in [-0.4, -0.2) is 9.55 Å². The lowest BCUT2D eigenvalue weighted by Gasteiger charge is -2.33. The molecule has 1 aliphatic rings. The highest BCUT2D eigenvalue weighted by Crippen LogP contribution is 2.41. The van der Waals surface area contributed by atoms with E-state index in [1.165, 1.54) is 11.6 Å². The number of aromatic nitrogens is 2. The van der Waals surface area contributed by atoms with Crippen molar-refractivity contribution in [1.29, 1.82) is 0 Å². The standard InChI is InChI=1S/C22H18FN3/c23-17-11-5-4-10-16(17)21-14-19(15-8-2-1-3-9-15)25-22-24-18-12-6-7-13-20(18)26(21)22/h1-13,19,21H,14H2,(H,24,25)/t19-,21+/m0/s1. The molecule has 0 bridgehead atoms. The minimum absolute atomic E-state index is 0.0881. The summed E-state index contributed by atoms with van der Waals surface area (Å²) in [5.41, 5.74) is 3.84. The molecular formula is C22H18FN3. The van der Waals surface area contributed by atoms with Crippen LogP contribution in [0.25, 0.3) is 11.0 Å². The van der Waals surface area contributed by atoms with E-state index in [-0.39, 0.29) is 17.9 Å². The summed E-state index contributed by atoms with van der Waals surface area (Å²) >= 11 is 0. The van der Waals surface area contributed by atoms with Crippen molar-refractivity contribution in [1.82, 2.24) is 9.55 Å². The van der Waals surface area contributed by atoms with Crippen LogP contribution in [-0.2, 0) is 0 Å². The Morgan fingerprint density at radius 2 is 1.62 bits per heavy atom. The van der Waals surface area contributed by atoms with Crippen LogP contribution in [0.3, 0.4) is 0 Å². The largest absolute Gasteiger partial charge is 0.349 e. The van der Waals surface area contributed by atoms with Crippen LogP contribution in [0.5, 0.6) is 0 Å². The quantitative estimate of drug-likeness (QED) is 0.534. The van der Waals surface area contributed by atoms with Crippen molar-refractivity contribution in [2.24, 2.45) is 0 Å².